The van der Waals surface area contributed by atoms with Crippen LogP contribution in [-0.4, -0.2) is 20.7 Å². The normalized spacial score (nSPS) is 14.9. The van der Waals surface area contributed by atoms with E-state index in [0.29, 0.717) is 17.6 Å². The van der Waals surface area contributed by atoms with E-state index in [1.54, 1.807) is 12.1 Å². The van der Waals surface area contributed by atoms with Crippen molar-refractivity contribution in [3.63, 3.8) is 0 Å². The first kappa shape index (κ1) is 16.5. The molecule has 2 aromatic carbocycles. The average Bonchev–Trinajstić information content (AvgIpc) is 3.14. The monoisotopic (exact) mass is 346 g/mol. The molecule has 0 bridgehead atoms. The summed E-state index contributed by atoms with van der Waals surface area (Å²) in [6, 6.07) is 19.5. The highest BCUT2D eigenvalue weighted by Gasteiger charge is 2.22. The third-order valence-corrected chi connectivity index (χ3v) is 4.85. The number of hydrogen-bond donors (Lipinski definition) is 1. The van der Waals surface area contributed by atoms with Crippen LogP contribution in [0, 0.1) is 0 Å². The second-order valence-electron chi connectivity index (χ2n) is 6.68. The first-order chi connectivity index (χ1) is 12.8. The van der Waals surface area contributed by atoms with Gasteiger partial charge in [-0.15, -0.1) is 5.10 Å². The lowest BCUT2D eigenvalue weighted by Gasteiger charge is -2.23. The first-order valence-corrected chi connectivity index (χ1v) is 9.19. The van der Waals surface area contributed by atoms with Crippen molar-refractivity contribution in [1.29, 1.82) is 0 Å². The van der Waals surface area contributed by atoms with Crippen molar-refractivity contribution in [3.8, 4) is 11.4 Å². The third kappa shape index (κ3) is 3.52. The van der Waals surface area contributed by atoms with Crippen LogP contribution in [0.15, 0.2) is 60.7 Å². The molecule has 132 valence electrons. The number of carbonyl (C=O) groups excluding carboxylic acids is 1. The fourth-order valence-corrected chi connectivity index (χ4v) is 3.50. The summed E-state index contributed by atoms with van der Waals surface area (Å²) >= 11 is 0. The van der Waals surface area contributed by atoms with E-state index in [9.17, 15) is 4.79 Å². The minimum atomic E-state index is -0.189. The van der Waals surface area contributed by atoms with Crippen molar-refractivity contribution >= 4 is 11.9 Å². The number of amides is 1. The molecule has 1 amide bonds. The summed E-state index contributed by atoms with van der Waals surface area (Å²) in [5.41, 5.74) is 1.62. The van der Waals surface area contributed by atoms with Crippen molar-refractivity contribution in [1.82, 2.24) is 14.8 Å². The number of benzene rings is 2. The van der Waals surface area contributed by atoms with E-state index in [0.717, 1.165) is 24.2 Å². The molecule has 1 heterocycles. The minimum absolute atomic E-state index is 0.189. The summed E-state index contributed by atoms with van der Waals surface area (Å²) in [7, 11) is 0. The molecule has 1 N–H and O–H groups in total. The minimum Gasteiger partial charge on any atom is -0.289 e. The number of nitrogens with one attached hydrogen (secondary N) is 1. The second-order valence-corrected chi connectivity index (χ2v) is 6.68. The summed E-state index contributed by atoms with van der Waals surface area (Å²) in [6.45, 7) is 0. The van der Waals surface area contributed by atoms with E-state index < -0.39 is 0 Å². The van der Waals surface area contributed by atoms with E-state index in [2.05, 4.69) is 15.4 Å². The predicted octanol–water partition coefficient (Wildman–Crippen LogP) is 4.70. The van der Waals surface area contributed by atoms with Crippen molar-refractivity contribution in [3.05, 3.63) is 66.2 Å². The molecule has 3 aromatic rings. The summed E-state index contributed by atoms with van der Waals surface area (Å²) in [5, 5.41) is 7.50. The fraction of sp³-hybridized carbons (Fsp3) is 0.286. The van der Waals surface area contributed by atoms with Crippen LogP contribution in [0.1, 0.15) is 48.5 Å². The van der Waals surface area contributed by atoms with Gasteiger partial charge in [0, 0.05) is 11.1 Å². The van der Waals surface area contributed by atoms with Gasteiger partial charge in [0.2, 0.25) is 5.95 Å². The van der Waals surface area contributed by atoms with Gasteiger partial charge in [-0.2, -0.15) is 4.98 Å². The van der Waals surface area contributed by atoms with Crippen LogP contribution in [0.3, 0.4) is 0 Å². The van der Waals surface area contributed by atoms with Crippen molar-refractivity contribution < 1.29 is 4.79 Å². The highest BCUT2D eigenvalue weighted by Crippen LogP contribution is 2.32. The molecule has 0 aliphatic heterocycles. The molecule has 5 nitrogen and oxygen atoms in total. The fourth-order valence-electron chi connectivity index (χ4n) is 3.50. The van der Waals surface area contributed by atoms with E-state index in [-0.39, 0.29) is 5.91 Å². The van der Waals surface area contributed by atoms with Crippen LogP contribution < -0.4 is 5.32 Å². The number of anilines is 1. The predicted molar refractivity (Wildman–Crippen MR) is 102 cm³/mol. The number of hydrogen-bond acceptors (Lipinski definition) is 3. The van der Waals surface area contributed by atoms with Crippen LogP contribution >= 0.6 is 0 Å². The molecule has 5 heteroatoms. The topological polar surface area (TPSA) is 59.8 Å². The van der Waals surface area contributed by atoms with Crippen LogP contribution in [0.25, 0.3) is 11.4 Å². The zero-order valence-electron chi connectivity index (χ0n) is 14.6. The maximum atomic E-state index is 12.4. The van der Waals surface area contributed by atoms with Gasteiger partial charge in [-0.3, -0.25) is 10.1 Å². The largest absolute Gasteiger partial charge is 0.289 e. The molecule has 4 rings (SSSR count). The zero-order chi connectivity index (χ0) is 17.8. The second kappa shape index (κ2) is 7.52. The van der Waals surface area contributed by atoms with E-state index in [4.69, 9.17) is 0 Å². The van der Waals surface area contributed by atoms with Crippen LogP contribution in [0.5, 0.6) is 0 Å². The molecule has 1 aliphatic carbocycles. The van der Waals surface area contributed by atoms with Crippen molar-refractivity contribution in [2.75, 3.05) is 5.32 Å². The standard InChI is InChI=1S/C21H22N4O/c26-20(17-12-6-2-7-13-17)23-21-22-19(16-10-4-1-5-11-16)25(24-21)18-14-8-3-9-15-18/h1-2,4-7,10-13,18H,3,8-9,14-15H2,(H,23,24,26). The Morgan fingerprint density at radius 2 is 1.58 bits per heavy atom. The number of aromatic nitrogens is 3. The Morgan fingerprint density at radius 1 is 0.923 bits per heavy atom. The van der Waals surface area contributed by atoms with E-state index >= 15 is 0 Å². The number of nitrogens with zero attached hydrogens (tertiary/aromatic N) is 3. The summed E-state index contributed by atoms with van der Waals surface area (Å²) < 4.78 is 2.01. The molecular weight excluding hydrogens is 324 g/mol. The molecule has 1 fully saturated rings. The SMILES string of the molecule is O=C(Nc1nc(-c2ccccc2)n(C2CCCCC2)n1)c1ccccc1. The van der Waals surface area contributed by atoms with Gasteiger partial charge < -0.3 is 0 Å². The maximum absolute atomic E-state index is 12.4. The maximum Gasteiger partial charge on any atom is 0.258 e. The molecular formula is C21H22N4O. The average molecular weight is 346 g/mol. The van der Waals surface area contributed by atoms with Gasteiger partial charge in [0.15, 0.2) is 5.82 Å². The molecule has 0 atom stereocenters. The van der Waals surface area contributed by atoms with Gasteiger partial charge in [0.05, 0.1) is 6.04 Å². The van der Waals surface area contributed by atoms with Crippen LogP contribution in [0.4, 0.5) is 5.95 Å². The van der Waals surface area contributed by atoms with Crippen LogP contribution in [-0.2, 0) is 0 Å². The lowest BCUT2D eigenvalue weighted by atomic mass is 9.95. The quantitative estimate of drug-likeness (QED) is 0.745. The van der Waals surface area contributed by atoms with Gasteiger partial charge in [-0.05, 0) is 25.0 Å². The third-order valence-electron chi connectivity index (χ3n) is 4.85. The van der Waals surface area contributed by atoms with Gasteiger partial charge in [-0.25, -0.2) is 4.68 Å². The Hall–Kier alpha value is -2.95. The molecule has 26 heavy (non-hydrogen) atoms. The van der Waals surface area contributed by atoms with E-state index in [1.165, 1.54) is 19.3 Å². The summed E-state index contributed by atoms with van der Waals surface area (Å²) in [6.07, 6.45) is 5.92. The molecule has 0 spiro atoms. The van der Waals surface area contributed by atoms with Crippen LogP contribution in [0.2, 0.25) is 0 Å². The molecule has 1 saturated carbocycles. The molecule has 0 saturated heterocycles. The van der Waals surface area contributed by atoms with Gasteiger partial charge in [0.1, 0.15) is 0 Å². The Kier molecular flexibility index (Phi) is 4.78. The molecule has 0 unspecified atom stereocenters. The summed E-state index contributed by atoms with van der Waals surface area (Å²) in [4.78, 5) is 17.1. The van der Waals surface area contributed by atoms with Crippen molar-refractivity contribution in [2.45, 2.75) is 38.1 Å². The lowest BCUT2D eigenvalue weighted by Crippen LogP contribution is -2.16. The molecule has 1 aromatic heterocycles. The van der Waals surface area contributed by atoms with Gasteiger partial charge >= 0.3 is 0 Å². The Labute approximate surface area is 153 Å². The zero-order valence-corrected chi connectivity index (χ0v) is 14.6. The van der Waals surface area contributed by atoms with Crippen molar-refractivity contribution in [2.24, 2.45) is 0 Å². The Morgan fingerprint density at radius 3 is 2.27 bits per heavy atom. The number of carbonyl (C=O) groups is 1. The first-order valence-electron chi connectivity index (χ1n) is 9.19. The Bertz CT molecular complexity index is 868. The van der Waals surface area contributed by atoms with Gasteiger partial charge in [-0.1, -0.05) is 67.8 Å². The smallest absolute Gasteiger partial charge is 0.258 e. The van der Waals surface area contributed by atoms with Gasteiger partial charge in [0.25, 0.3) is 5.91 Å². The highest BCUT2D eigenvalue weighted by atomic mass is 16.1. The number of rotatable bonds is 4. The molecule has 1 aliphatic rings. The Balaban J connectivity index is 1.65. The highest BCUT2D eigenvalue weighted by molar-refractivity contribution is 6.03. The molecule has 0 radical (unpaired) electrons. The van der Waals surface area contributed by atoms with E-state index in [1.807, 2.05) is 53.2 Å². The lowest BCUT2D eigenvalue weighted by molar-refractivity contribution is 0.102. The summed E-state index contributed by atoms with van der Waals surface area (Å²) in [5.74, 6) is 0.996.